The molecule has 1 amide bonds. The summed E-state index contributed by atoms with van der Waals surface area (Å²) in [5, 5.41) is 11.6. The highest BCUT2D eigenvalue weighted by Crippen LogP contribution is 2.12. The van der Waals surface area contributed by atoms with Crippen molar-refractivity contribution in [1.29, 1.82) is 0 Å². The Morgan fingerprint density at radius 2 is 2.09 bits per heavy atom. The summed E-state index contributed by atoms with van der Waals surface area (Å²) in [6, 6.07) is 4.65. The predicted molar refractivity (Wildman–Crippen MR) is 80.9 cm³/mol. The van der Waals surface area contributed by atoms with Crippen LogP contribution in [0.5, 0.6) is 5.75 Å². The zero-order valence-electron chi connectivity index (χ0n) is 12.2. The van der Waals surface area contributed by atoms with Crippen LogP contribution in [0.15, 0.2) is 41.6 Å². The Balaban J connectivity index is 2.03. The smallest absolute Gasteiger partial charge is 0.262 e. The number of aliphatic hydroxyl groups is 1. The molecule has 0 aliphatic rings. The minimum absolute atomic E-state index is 0.0499. The fraction of sp³-hybridized carbons (Fsp3) is 0.267. The van der Waals surface area contributed by atoms with Crippen molar-refractivity contribution in [3.63, 3.8) is 0 Å². The van der Waals surface area contributed by atoms with Gasteiger partial charge in [-0.15, -0.1) is 0 Å². The van der Waals surface area contributed by atoms with Crippen molar-refractivity contribution in [3.05, 3.63) is 52.7 Å². The molecule has 2 N–H and O–H groups in total. The summed E-state index contributed by atoms with van der Waals surface area (Å²) in [5.41, 5.74) is 0.868. The van der Waals surface area contributed by atoms with Gasteiger partial charge in [-0.1, -0.05) is 0 Å². The molecule has 0 saturated heterocycles. The van der Waals surface area contributed by atoms with Gasteiger partial charge in [0, 0.05) is 36.9 Å². The summed E-state index contributed by atoms with van der Waals surface area (Å²) in [4.78, 5) is 27.5. The number of hydrogen-bond donors (Lipinski definition) is 2. The highest BCUT2D eigenvalue weighted by atomic mass is 16.5. The largest absolute Gasteiger partial charge is 0.478 e. The molecule has 0 radical (unpaired) electrons. The lowest BCUT2D eigenvalue weighted by molar-refractivity contribution is -0.118. The van der Waals surface area contributed by atoms with Crippen LogP contribution in [0.25, 0.3) is 0 Å². The van der Waals surface area contributed by atoms with E-state index in [1.807, 2.05) is 0 Å². The molecule has 2 rings (SSSR count). The quantitative estimate of drug-likeness (QED) is 0.813. The van der Waals surface area contributed by atoms with Crippen molar-refractivity contribution in [1.82, 2.24) is 9.55 Å². The number of nitrogens with one attached hydrogen (secondary N) is 1. The van der Waals surface area contributed by atoms with Crippen molar-refractivity contribution in [2.45, 2.75) is 13.5 Å². The topological polar surface area (TPSA) is 93.5 Å². The van der Waals surface area contributed by atoms with E-state index >= 15 is 0 Å². The number of pyridine rings is 2. The lowest BCUT2D eigenvalue weighted by atomic mass is 10.3. The molecule has 0 fully saturated rings. The summed E-state index contributed by atoms with van der Waals surface area (Å²) >= 11 is 0. The minimum Gasteiger partial charge on any atom is -0.478 e. The number of anilines is 1. The zero-order valence-corrected chi connectivity index (χ0v) is 12.2. The molecule has 7 heteroatoms. The fourth-order valence-corrected chi connectivity index (χ4v) is 1.95. The number of rotatable bonds is 6. The molecule has 0 bridgehead atoms. The molecular weight excluding hydrogens is 286 g/mol. The normalized spacial score (nSPS) is 10.3. The van der Waals surface area contributed by atoms with Gasteiger partial charge in [0.2, 0.25) is 5.43 Å². The molecule has 7 nitrogen and oxygen atoms in total. The SMILES string of the molecule is Cc1c(OCC(=O)Nc2ccncc2)c(=O)ccn1CCO. The van der Waals surface area contributed by atoms with E-state index in [2.05, 4.69) is 10.3 Å². The van der Waals surface area contributed by atoms with Crippen LogP contribution in [0.3, 0.4) is 0 Å². The van der Waals surface area contributed by atoms with E-state index in [-0.39, 0.29) is 30.3 Å². The number of carbonyl (C=O) groups is 1. The van der Waals surface area contributed by atoms with E-state index in [0.29, 0.717) is 17.9 Å². The maximum absolute atomic E-state index is 11.8. The maximum Gasteiger partial charge on any atom is 0.262 e. The van der Waals surface area contributed by atoms with Crippen LogP contribution < -0.4 is 15.5 Å². The fourth-order valence-electron chi connectivity index (χ4n) is 1.95. The first-order valence-electron chi connectivity index (χ1n) is 6.75. The Bertz CT molecular complexity index is 698. The Kier molecular flexibility index (Phi) is 5.26. The molecule has 2 aromatic rings. The molecule has 0 aliphatic carbocycles. The van der Waals surface area contributed by atoms with Gasteiger partial charge in [0.15, 0.2) is 12.4 Å². The van der Waals surface area contributed by atoms with Crippen molar-refractivity contribution in [2.24, 2.45) is 0 Å². The predicted octanol–water partition coefficient (Wildman–Crippen LogP) is 0.562. The number of aliphatic hydroxyl groups excluding tert-OH is 1. The standard InChI is InChI=1S/C15H17N3O4/c1-11-15(13(20)4-7-18(11)8-9-19)22-10-14(21)17-12-2-5-16-6-3-12/h2-7,19H,8-10H2,1H3,(H,16,17,21). The molecular formula is C15H17N3O4. The Morgan fingerprint density at radius 3 is 2.77 bits per heavy atom. The van der Waals surface area contributed by atoms with E-state index < -0.39 is 0 Å². The number of carbonyl (C=O) groups excluding carboxylic acids is 1. The molecule has 0 aromatic carbocycles. The maximum atomic E-state index is 11.8. The monoisotopic (exact) mass is 303 g/mol. The van der Waals surface area contributed by atoms with E-state index in [1.54, 1.807) is 42.2 Å². The molecule has 22 heavy (non-hydrogen) atoms. The van der Waals surface area contributed by atoms with Crippen LogP contribution in [0.1, 0.15) is 5.69 Å². The third-order valence-corrected chi connectivity index (χ3v) is 3.04. The van der Waals surface area contributed by atoms with Gasteiger partial charge >= 0.3 is 0 Å². The van der Waals surface area contributed by atoms with E-state index in [1.165, 1.54) is 6.07 Å². The third kappa shape index (κ3) is 3.92. The average molecular weight is 303 g/mol. The number of nitrogens with zero attached hydrogens (tertiary/aromatic N) is 2. The van der Waals surface area contributed by atoms with Crippen LogP contribution >= 0.6 is 0 Å². The van der Waals surface area contributed by atoms with E-state index in [0.717, 1.165) is 0 Å². The zero-order chi connectivity index (χ0) is 15.9. The van der Waals surface area contributed by atoms with Gasteiger partial charge in [0.05, 0.1) is 12.3 Å². The molecule has 0 spiro atoms. The van der Waals surface area contributed by atoms with Gasteiger partial charge in [-0.05, 0) is 19.1 Å². The summed E-state index contributed by atoms with van der Waals surface area (Å²) in [6.45, 7) is 1.73. The second kappa shape index (κ2) is 7.37. The third-order valence-electron chi connectivity index (χ3n) is 3.04. The second-order valence-corrected chi connectivity index (χ2v) is 4.58. The number of amides is 1. The lowest BCUT2D eigenvalue weighted by Crippen LogP contribution is -2.24. The second-order valence-electron chi connectivity index (χ2n) is 4.58. The number of aromatic nitrogens is 2. The molecule has 116 valence electrons. The Morgan fingerprint density at radius 1 is 1.36 bits per heavy atom. The van der Waals surface area contributed by atoms with E-state index in [9.17, 15) is 9.59 Å². The molecule has 0 aliphatic heterocycles. The number of hydrogen-bond acceptors (Lipinski definition) is 5. The summed E-state index contributed by atoms with van der Waals surface area (Å²) in [7, 11) is 0. The first-order valence-corrected chi connectivity index (χ1v) is 6.75. The van der Waals surface area contributed by atoms with Crippen molar-refractivity contribution in [3.8, 4) is 5.75 Å². The van der Waals surface area contributed by atoms with Crippen LogP contribution in [0, 0.1) is 6.92 Å². The first kappa shape index (κ1) is 15.7. The highest BCUT2D eigenvalue weighted by Gasteiger charge is 2.11. The van der Waals surface area contributed by atoms with Gasteiger partial charge in [0.1, 0.15) is 0 Å². The summed E-state index contributed by atoms with van der Waals surface area (Å²) < 4.78 is 7.04. The van der Waals surface area contributed by atoms with Gasteiger partial charge in [0.25, 0.3) is 5.91 Å². The van der Waals surface area contributed by atoms with E-state index in [4.69, 9.17) is 9.84 Å². The van der Waals surface area contributed by atoms with Crippen LogP contribution in [-0.2, 0) is 11.3 Å². The first-order chi connectivity index (χ1) is 10.6. The molecule has 0 saturated carbocycles. The van der Waals surface area contributed by atoms with Gasteiger partial charge in [-0.3, -0.25) is 14.6 Å². The van der Waals surface area contributed by atoms with Crippen molar-refractivity contribution in [2.75, 3.05) is 18.5 Å². The minimum atomic E-state index is -0.373. The Hall–Kier alpha value is -2.67. The lowest BCUT2D eigenvalue weighted by Gasteiger charge is -2.13. The van der Waals surface area contributed by atoms with Gasteiger partial charge < -0.3 is 19.7 Å². The number of ether oxygens (including phenoxy) is 1. The van der Waals surface area contributed by atoms with Crippen molar-refractivity contribution < 1.29 is 14.6 Å². The van der Waals surface area contributed by atoms with Gasteiger partial charge in [-0.2, -0.15) is 0 Å². The van der Waals surface area contributed by atoms with Crippen molar-refractivity contribution >= 4 is 11.6 Å². The van der Waals surface area contributed by atoms with Crippen LogP contribution in [0.4, 0.5) is 5.69 Å². The summed E-state index contributed by atoms with van der Waals surface area (Å²) in [5.74, 6) is -0.261. The highest BCUT2D eigenvalue weighted by molar-refractivity contribution is 5.91. The molecule has 2 heterocycles. The molecule has 0 atom stereocenters. The summed E-state index contributed by atoms with van der Waals surface area (Å²) in [6.07, 6.45) is 4.70. The molecule has 0 unspecified atom stereocenters. The Labute approximate surface area is 127 Å². The van der Waals surface area contributed by atoms with Gasteiger partial charge in [-0.25, -0.2) is 0 Å². The van der Waals surface area contributed by atoms with Crippen LogP contribution in [0.2, 0.25) is 0 Å². The van der Waals surface area contributed by atoms with Crippen LogP contribution in [-0.4, -0.2) is 33.8 Å². The molecule has 2 aromatic heterocycles. The average Bonchev–Trinajstić information content (AvgIpc) is 2.51.